The molecule has 0 aromatic carbocycles. The number of azo groups is 1. The molecule has 0 bridgehead atoms. The largest absolute Gasteiger partial charge is 0.306 e. The van der Waals surface area contributed by atoms with Crippen molar-refractivity contribution in [2.24, 2.45) is 21.7 Å². The lowest BCUT2D eigenvalue weighted by molar-refractivity contribution is 0.438. The molecule has 0 aromatic heterocycles. The highest BCUT2D eigenvalue weighted by atomic mass is 35.5. The number of rotatable bonds is 2. The number of hydrogen-bond acceptors (Lipinski definition) is 4. The van der Waals surface area contributed by atoms with Gasteiger partial charge in [-0.2, -0.15) is 10.2 Å². The monoisotopic (exact) mass is 288 g/mol. The van der Waals surface area contributed by atoms with E-state index in [0.29, 0.717) is 0 Å². The van der Waals surface area contributed by atoms with Gasteiger partial charge in [0.15, 0.2) is 0 Å². The SMILES string of the molecule is CC(C)(N)N=NC(C)(C)N.Cl.Cl.Cl.Cl. The quantitative estimate of drug-likeness (QED) is 0.766. The molecule has 0 aromatic rings. The van der Waals surface area contributed by atoms with Gasteiger partial charge >= 0.3 is 0 Å². The molecule has 14 heavy (non-hydrogen) atoms. The summed E-state index contributed by atoms with van der Waals surface area (Å²) in [6, 6.07) is 0. The Balaban J connectivity index is -0.0000000675. The van der Waals surface area contributed by atoms with Crippen molar-refractivity contribution in [3.63, 3.8) is 0 Å². The maximum atomic E-state index is 5.53. The van der Waals surface area contributed by atoms with Crippen LogP contribution in [0.4, 0.5) is 0 Å². The minimum atomic E-state index is -0.614. The molecule has 0 spiro atoms. The minimum absolute atomic E-state index is 0. The molecule has 0 unspecified atom stereocenters. The zero-order valence-corrected chi connectivity index (χ0v) is 11.9. The van der Waals surface area contributed by atoms with Crippen molar-refractivity contribution in [1.29, 1.82) is 0 Å². The molecular weight excluding hydrogens is 270 g/mol. The number of nitrogens with two attached hydrogens (primary N) is 2. The average Bonchev–Trinajstić information content (AvgIpc) is 1.57. The molecule has 0 atom stereocenters. The summed E-state index contributed by atoms with van der Waals surface area (Å²) in [6.45, 7) is 7.06. The zero-order chi connectivity index (χ0) is 8.41. The molecule has 4 nitrogen and oxygen atoms in total. The fourth-order valence-corrected chi connectivity index (χ4v) is 0.258. The lowest BCUT2D eigenvalue weighted by Gasteiger charge is -2.15. The Morgan fingerprint density at radius 2 is 0.786 bits per heavy atom. The molecule has 0 aliphatic heterocycles. The Bertz CT molecular complexity index is 122. The van der Waals surface area contributed by atoms with Gasteiger partial charge in [0.2, 0.25) is 0 Å². The van der Waals surface area contributed by atoms with Crippen molar-refractivity contribution in [2.75, 3.05) is 0 Å². The first-order valence-electron chi connectivity index (χ1n) is 3.22. The number of halogens is 4. The number of hydrogen-bond donors (Lipinski definition) is 2. The van der Waals surface area contributed by atoms with Gasteiger partial charge in [-0.1, -0.05) is 0 Å². The van der Waals surface area contributed by atoms with Gasteiger partial charge in [-0.15, -0.1) is 49.6 Å². The molecular formula is C6H20Cl4N4. The Morgan fingerprint density at radius 1 is 0.643 bits per heavy atom. The topological polar surface area (TPSA) is 76.8 Å². The van der Waals surface area contributed by atoms with E-state index in [1.807, 2.05) is 0 Å². The van der Waals surface area contributed by atoms with E-state index < -0.39 is 11.3 Å². The molecule has 4 N–H and O–H groups in total. The van der Waals surface area contributed by atoms with E-state index in [4.69, 9.17) is 11.5 Å². The van der Waals surface area contributed by atoms with Crippen molar-refractivity contribution >= 4 is 49.6 Å². The third kappa shape index (κ3) is 29.3. The van der Waals surface area contributed by atoms with Crippen molar-refractivity contribution in [1.82, 2.24) is 0 Å². The van der Waals surface area contributed by atoms with E-state index >= 15 is 0 Å². The molecule has 0 rings (SSSR count). The highest BCUT2D eigenvalue weighted by Crippen LogP contribution is 2.05. The Labute approximate surface area is 110 Å². The van der Waals surface area contributed by atoms with E-state index in [-0.39, 0.29) is 49.6 Å². The molecule has 8 heteroatoms. The zero-order valence-electron chi connectivity index (χ0n) is 8.68. The Morgan fingerprint density at radius 3 is 0.857 bits per heavy atom. The summed E-state index contributed by atoms with van der Waals surface area (Å²) in [5, 5.41) is 7.61. The van der Waals surface area contributed by atoms with Crippen molar-refractivity contribution < 1.29 is 0 Å². The number of nitrogens with zero attached hydrogens (tertiary/aromatic N) is 2. The summed E-state index contributed by atoms with van der Waals surface area (Å²) in [7, 11) is 0. The lowest BCUT2D eigenvalue weighted by Crippen LogP contribution is -2.33. The third-order valence-electron chi connectivity index (χ3n) is 0.565. The highest BCUT2D eigenvalue weighted by Gasteiger charge is 2.12. The molecule has 0 saturated heterocycles. The predicted molar refractivity (Wildman–Crippen MR) is 70.4 cm³/mol. The second-order valence-corrected chi connectivity index (χ2v) is 3.51. The molecule has 0 aliphatic carbocycles. The maximum absolute atomic E-state index is 5.53. The second kappa shape index (κ2) is 10.2. The van der Waals surface area contributed by atoms with Crippen LogP contribution in [0.5, 0.6) is 0 Å². The predicted octanol–water partition coefficient (Wildman–Crippen LogP) is 2.52. The van der Waals surface area contributed by atoms with Crippen LogP contribution >= 0.6 is 49.6 Å². The van der Waals surface area contributed by atoms with E-state index in [0.717, 1.165) is 0 Å². The molecule has 0 fully saturated rings. The summed E-state index contributed by atoms with van der Waals surface area (Å²) in [4.78, 5) is 0. The molecule has 0 aliphatic rings. The van der Waals surface area contributed by atoms with Crippen LogP contribution in [0.15, 0.2) is 10.2 Å². The first-order chi connectivity index (χ1) is 4.21. The van der Waals surface area contributed by atoms with Crippen LogP contribution < -0.4 is 11.5 Å². The van der Waals surface area contributed by atoms with Crippen LogP contribution in [-0.4, -0.2) is 11.3 Å². The van der Waals surface area contributed by atoms with Gasteiger partial charge in [0, 0.05) is 0 Å². The minimum Gasteiger partial charge on any atom is -0.306 e. The lowest BCUT2D eigenvalue weighted by atomic mass is 10.3. The normalized spacial score (nSPS) is 10.4. The van der Waals surface area contributed by atoms with E-state index in [1.54, 1.807) is 27.7 Å². The van der Waals surface area contributed by atoms with Crippen LogP contribution in [0.2, 0.25) is 0 Å². The molecule has 0 radical (unpaired) electrons. The van der Waals surface area contributed by atoms with Gasteiger partial charge in [0.1, 0.15) is 11.3 Å². The van der Waals surface area contributed by atoms with Crippen LogP contribution in [0, 0.1) is 0 Å². The van der Waals surface area contributed by atoms with Gasteiger partial charge in [-0.25, -0.2) is 0 Å². The summed E-state index contributed by atoms with van der Waals surface area (Å²) in [6.07, 6.45) is 0. The van der Waals surface area contributed by atoms with Crippen LogP contribution in [-0.2, 0) is 0 Å². The molecule has 0 saturated carbocycles. The van der Waals surface area contributed by atoms with Crippen LogP contribution in [0.25, 0.3) is 0 Å². The van der Waals surface area contributed by atoms with Gasteiger partial charge in [0.25, 0.3) is 0 Å². The summed E-state index contributed by atoms with van der Waals surface area (Å²) in [5.41, 5.74) is 9.82. The highest BCUT2D eigenvalue weighted by molar-refractivity contribution is 5.86. The summed E-state index contributed by atoms with van der Waals surface area (Å²) in [5.74, 6) is 0. The van der Waals surface area contributed by atoms with Gasteiger partial charge in [-0.3, -0.25) is 0 Å². The van der Waals surface area contributed by atoms with Crippen molar-refractivity contribution in [2.45, 2.75) is 39.0 Å². The van der Waals surface area contributed by atoms with E-state index in [1.165, 1.54) is 0 Å². The van der Waals surface area contributed by atoms with Crippen molar-refractivity contribution in [3.8, 4) is 0 Å². The molecule has 0 amide bonds. The van der Waals surface area contributed by atoms with E-state index in [9.17, 15) is 0 Å². The van der Waals surface area contributed by atoms with Gasteiger partial charge < -0.3 is 11.5 Å². The maximum Gasteiger partial charge on any atom is 0.123 e. The van der Waals surface area contributed by atoms with Crippen LogP contribution in [0.3, 0.4) is 0 Å². The fourth-order valence-electron chi connectivity index (χ4n) is 0.258. The standard InChI is InChI=1S/C6H16N4.4ClH/c1-5(2,7)9-10-6(3,4)8;;;;/h7-8H2,1-4H3;4*1H. The summed E-state index contributed by atoms with van der Waals surface area (Å²) >= 11 is 0. The average molecular weight is 290 g/mol. The first-order valence-corrected chi connectivity index (χ1v) is 3.22. The first kappa shape index (κ1) is 29.3. The summed E-state index contributed by atoms with van der Waals surface area (Å²) < 4.78 is 0. The Kier molecular flexibility index (Phi) is 21.4. The smallest absolute Gasteiger partial charge is 0.123 e. The fraction of sp³-hybridized carbons (Fsp3) is 1.00. The third-order valence-corrected chi connectivity index (χ3v) is 0.565. The van der Waals surface area contributed by atoms with Gasteiger partial charge in [-0.05, 0) is 27.7 Å². The van der Waals surface area contributed by atoms with Gasteiger partial charge in [0.05, 0.1) is 0 Å². The Hall–Kier alpha value is 0.680. The second-order valence-electron chi connectivity index (χ2n) is 3.51. The molecule has 92 valence electrons. The van der Waals surface area contributed by atoms with Crippen LogP contribution in [0.1, 0.15) is 27.7 Å². The van der Waals surface area contributed by atoms with E-state index in [2.05, 4.69) is 10.2 Å². The molecule has 0 heterocycles. The van der Waals surface area contributed by atoms with Crippen molar-refractivity contribution in [3.05, 3.63) is 0 Å².